The summed E-state index contributed by atoms with van der Waals surface area (Å²) in [4.78, 5) is 8.62. The Labute approximate surface area is 146 Å². The van der Waals surface area contributed by atoms with Crippen molar-refractivity contribution in [2.24, 2.45) is 0 Å². The highest BCUT2D eigenvalue weighted by atomic mass is 19.1. The number of H-pyrrole nitrogens is 1. The van der Waals surface area contributed by atoms with Crippen LogP contribution in [0.4, 0.5) is 15.9 Å². The summed E-state index contributed by atoms with van der Waals surface area (Å²) in [7, 11) is 0. The Morgan fingerprint density at radius 2 is 2.00 bits per heavy atom. The Kier molecular flexibility index (Phi) is 3.14. The minimum Gasteiger partial charge on any atom is -0.339 e. The molecular formula is C18H12FN7. The average molecular weight is 345 g/mol. The number of anilines is 2. The van der Waals surface area contributed by atoms with E-state index in [9.17, 15) is 4.39 Å². The second-order valence-electron chi connectivity index (χ2n) is 5.79. The average Bonchev–Trinajstić information content (AvgIpc) is 3.28. The summed E-state index contributed by atoms with van der Waals surface area (Å²) in [5.41, 5.74) is 2.98. The third kappa shape index (κ3) is 2.35. The Morgan fingerprint density at radius 1 is 1.04 bits per heavy atom. The molecule has 0 saturated heterocycles. The summed E-state index contributed by atoms with van der Waals surface area (Å²) in [6, 6.07) is 12.1. The Bertz CT molecular complexity index is 1240. The van der Waals surface area contributed by atoms with Crippen molar-refractivity contribution in [3.63, 3.8) is 0 Å². The van der Waals surface area contributed by atoms with E-state index in [2.05, 4.69) is 30.6 Å². The Hall–Kier alpha value is -3.81. The molecule has 5 rings (SSSR count). The maximum atomic E-state index is 13.5. The Morgan fingerprint density at radius 3 is 2.92 bits per heavy atom. The van der Waals surface area contributed by atoms with Crippen molar-refractivity contribution in [3.05, 3.63) is 67.0 Å². The number of benzene rings is 2. The van der Waals surface area contributed by atoms with Crippen LogP contribution < -0.4 is 5.32 Å². The van der Waals surface area contributed by atoms with Crippen molar-refractivity contribution in [1.29, 1.82) is 0 Å². The first kappa shape index (κ1) is 14.5. The molecule has 126 valence electrons. The number of halogens is 1. The van der Waals surface area contributed by atoms with Gasteiger partial charge in [0.2, 0.25) is 0 Å². The molecule has 0 amide bonds. The van der Waals surface area contributed by atoms with Gasteiger partial charge in [-0.1, -0.05) is 6.07 Å². The van der Waals surface area contributed by atoms with Gasteiger partial charge in [0.15, 0.2) is 5.65 Å². The molecule has 0 spiro atoms. The largest absolute Gasteiger partial charge is 0.339 e. The van der Waals surface area contributed by atoms with Crippen molar-refractivity contribution in [2.45, 2.75) is 0 Å². The summed E-state index contributed by atoms with van der Waals surface area (Å²) >= 11 is 0. The number of rotatable bonds is 3. The zero-order valence-corrected chi connectivity index (χ0v) is 13.4. The van der Waals surface area contributed by atoms with Crippen molar-refractivity contribution in [3.8, 4) is 5.69 Å². The quantitative estimate of drug-likeness (QED) is 0.522. The van der Waals surface area contributed by atoms with Crippen LogP contribution in [0, 0.1) is 5.82 Å². The molecule has 3 aromatic heterocycles. The van der Waals surface area contributed by atoms with E-state index in [1.165, 1.54) is 18.5 Å². The monoisotopic (exact) mass is 345 g/mol. The van der Waals surface area contributed by atoms with Crippen LogP contribution in [-0.2, 0) is 0 Å². The number of fused-ring (bicyclic) bond motifs is 2. The second-order valence-corrected chi connectivity index (χ2v) is 5.79. The first-order valence-electron chi connectivity index (χ1n) is 7.93. The number of hydrogen-bond donors (Lipinski definition) is 2. The van der Waals surface area contributed by atoms with Crippen LogP contribution in [0.2, 0.25) is 0 Å². The molecule has 8 heteroatoms. The SMILES string of the molecule is Fc1cccc(-n2ncc3c(Nc4ccc5cn[nH]c5c4)ncnc32)c1. The van der Waals surface area contributed by atoms with E-state index >= 15 is 0 Å². The second kappa shape index (κ2) is 5.62. The van der Waals surface area contributed by atoms with E-state index in [-0.39, 0.29) is 5.82 Å². The highest BCUT2D eigenvalue weighted by Crippen LogP contribution is 2.26. The molecule has 0 bridgehead atoms. The number of nitrogens with zero attached hydrogens (tertiary/aromatic N) is 5. The van der Waals surface area contributed by atoms with Gasteiger partial charge in [0.1, 0.15) is 18.0 Å². The number of aromatic amines is 1. The lowest BCUT2D eigenvalue weighted by Crippen LogP contribution is -2.00. The van der Waals surface area contributed by atoms with Crippen LogP contribution in [0.5, 0.6) is 0 Å². The topological polar surface area (TPSA) is 84.3 Å². The van der Waals surface area contributed by atoms with Gasteiger partial charge in [-0.3, -0.25) is 5.10 Å². The maximum absolute atomic E-state index is 13.5. The molecule has 3 heterocycles. The maximum Gasteiger partial charge on any atom is 0.168 e. The lowest BCUT2D eigenvalue weighted by Gasteiger charge is -2.07. The highest BCUT2D eigenvalue weighted by Gasteiger charge is 2.12. The zero-order chi connectivity index (χ0) is 17.5. The molecule has 0 aliphatic rings. The van der Waals surface area contributed by atoms with Crippen LogP contribution >= 0.6 is 0 Å². The lowest BCUT2D eigenvalue weighted by atomic mass is 10.2. The zero-order valence-electron chi connectivity index (χ0n) is 13.4. The minimum absolute atomic E-state index is 0.327. The van der Waals surface area contributed by atoms with Gasteiger partial charge in [-0.25, -0.2) is 19.0 Å². The molecule has 2 N–H and O–H groups in total. The molecule has 2 aromatic carbocycles. The fourth-order valence-corrected chi connectivity index (χ4v) is 2.89. The van der Waals surface area contributed by atoms with Crippen LogP contribution in [0.1, 0.15) is 0 Å². The van der Waals surface area contributed by atoms with Gasteiger partial charge in [0.25, 0.3) is 0 Å². The fraction of sp³-hybridized carbons (Fsp3) is 0. The lowest BCUT2D eigenvalue weighted by molar-refractivity contribution is 0.625. The van der Waals surface area contributed by atoms with Gasteiger partial charge in [0, 0.05) is 11.1 Å². The van der Waals surface area contributed by atoms with Crippen LogP contribution in [0.15, 0.2) is 61.2 Å². The smallest absolute Gasteiger partial charge is 0.168 e. The van der Waals surface area contributed by atoms with Gasteiger partial charge in [0.05, 0.1) is 29.0 Å². The summed E-state index contributed by atoms with van der Waals surface area (Å²) in [5, 5.41) is 16.3. The van der Waals surface area contributed by atoms with E-state index in [0.29, 0.717) is 17.2 Å². The predicted molar refractivity (Wildman–Crippen MR) is 96.0 cm³/mol. The third-order valence-electron chi connectivity index (χ3n) is 4.12. The minimum atomic E-state index is -0.327. The Balaban J connectivity index is 1.58. The summed E-state index contributed by atoms with van der Waals surface area (Å²) in [6.07, 6.45) is 4.89. The van der Waals surface area contributed by atoms with Crippen molar-refractivity contribution in [2.75, 3.05) is 5.32 Å². The van der Waals surface area contributed by atoms with Crippen LogP contribution in [0.25, 0.3) is 27.6 Å². The first-order valence-corrected chi connectivity index (χ1v) is 7.93. The molecule has 7 nitrogen and oxygen atoms in total. The molecular weight excluding hydrogens is 333 g/mol. The molecule has 0 radical (unpaired) electrons. The first-order chi connectivity index (χ1) is 12.8. The van der Waals surface area contributed by atoms with E-state index in [4.69, 9.17) is 0 Å². The normalized spacial score (nSPS) is 11.3. The fourth-order valence-electron chi connectivity index (χ4n) is 2.89. The van der Waals surface area contributed by atoms with Gasteiger partial charge < -0.3 is 5.32 Å². The highest BCUT2D eigenvalue weighted by molar-refractivity contribution is 5.90. The third-order valence-corrected chi connectivity index (χ3v) is 4.12. The van der Waals surface area contributed by atoms with E-state index in [0.717, 1.165) is 22.0 Å². The summed E-state index contributed by atoms with van der Waals surface area (Å²) < 4.78 is 15.1. The standard InChI is InChI=1S/C18H12FN7/c19-12-2-1-3-14(6-12)26-18-15(9-23-26)17(20-10-21-18)24-13-5-4-11-8-22-25-16(11)7-13/h1-10H,(H,22,25)(H,20,21,24). The molecule has 0 aliphatic carbocycles. The molecule has 5 aromatic rings. The van der Waals surface area contributed by atoms with E-state index in [1.807, 2.05) is 18.2 Å². The number of nitrogens with one attached hydrogen (secondary N) is 2. The van der Waals surface area contributed by atoms with Crippen molar-refractivity contribution < 1.29 is 4.39 Å². The number of hydrogen-bond acceptors (Lipinski definition) is 5. The number of aromatic nitrogens is 6. The van der Waals surface area contributed by atoms with Crippen LogP contribution in [-0.4, -0.2) is 29.9 Å². The predicted octanol–water partition coefficient (Wildman–Crippen LogP) is 3.57. The van der Waals surface area contributed by atoms with Gasteiger partial charge in [-0.2, -0.15) is 10.2 Å². The van der Waals surface area contributed by atoms with Gasteiger partial charge >= 0.3 is 0 Å². The molecule has 0 aliphatic heterocycles. The van der Waals surface area contributed by atoms with Crippen molar-refractivity contribution >= 4 is 33.4 Å². The molecule has 0 atom stereocenters. The molecule has 0 saturated carbocycles. The molecule has 0 fully saturated rings. The van der Waals surface area contributed by atoms with Gasteiger partial charge in [-0.15, -0.1) is 0 Å². The molecule has 0 unspecified atom stereocenters. The van der Waals surface area contributed by atoms with E-state index in [1.54, 1.807) is 29.2 Å². The summed E-state index contributed by atoms with van der Waals surface area (Å²) in [5.74, 6) is 0.294. The van der Waals surface area contributed by atoms with Crippen LogP contribution in [0.3, 0.4) is 0 Å². The van der Waals surface area contributed by atoms with E-state index < -0.39 is 0 Å². The van der Waals surface area contributed by atoms with Gasteiger partial charge in [-0.05, 0) is 36.4 Å². The molecule has 26 heavy (non-hydrogen) atoms. The summed E-state index contributed by atoms with van der Waals surface area (Å²) in [6.45, 7) is 0. The van der Waals surface area contributed by atoms with Crippen molar-refractivity contribution in [1.82, 2.24) is 29.9 Å².